The van der Waals surface area contributed by atoms with Gasteiger partial charge in [0.15, 0.2) is 0 Å². The van der Waals surface area contributed by atoms with Crippen molar-refractivity contribution in [3.63, 3.8) is 0 Å². The highest BCUT2D eigenvalue weighted by molar-refractivity contribution is 6.40. The van der Waals surface area contributed by atoms with Crippen molar-refractivity contribution >= 4 is 57.8 Å². The number of nitrogens with one attached hydrogen (secondary N) is 1. The van der Waals surface area contributed by atoms with Gasteiger partial charge in [0.1, 0.15) is 5.82 Å². The lowest BCUT2D eigenvalue weighted by molar-refractivity contribution is 0.247. The maximum absolute atomic E-state index is 13.8. The summed E-state index contributed by atoms with van der Waals surface area (Å²) in [5.74, 6) is -0.408. The molecule has 0 bridgehead atoms. The predicted octanol–water partition coefficient (Wildman–Crippen LogP) is 7.53. The number of halogens is 4. The van der Waals surface area contributed by atoms with E-state index in [0.717, 1.165) is 36.2 Å². The molecule has 0 atom stereocenters. The highest BCUT2D eigenvalue weighted by atomic mass is 35.5. The number of rotatable bonds is 3. The van der Waals surface area contributed by atoms with E-state index >= 15 is 0 Å². The quantitative estimate of drug-likeness (QED) is 0.390. The Morgan fingerprint density at radius 2 is 1.74 bits per heavy atom. The number of likely N-dealkylation sites (N-methyl/N-ethyl adjacent to an activating group) is 1. The van der Waals surface area contributed by atoms with E-state index in [2.05, 4.69) is 29.4 Å². The molecule has 5 rings (SSSR count). The first-order chi connectivity index (χ1) is 16.3. The third-order valence-corrected chi connectivity index (χ3v) is 7.17. The van der Waals surface area contributed by atoms with Crippen LogP contribution in [0.3, 0.4) is 0 Å². The molecule has 0 spiro atoms. The van der Waals surface area contributed by atoms with Gasteiger partial charge < -0.3 is 10.2 Å². The second-order valence-electron chi connectivity index (χ2n) is 8.45. The largest absolute Gasteiger partial charge is 0.333 e. The van der Waals surface area contributed by atoms with Gasteiger partial charge in [0, 0.05) is 30.8 Å². The summed E-state index contributed by atoms with van der Waals surface area (Å²) in [5, 5.41) is 3.94. The Morgan fingerprint density at radius 3 is 2.41 bits per heavy atom. The van der Waals surface area contributed by atoms with Crippen molar-refractivity contribution in [3.05, 3.63) is 86.6 Å². The van der Waals surface area contributed by atoms with Crippen LogP contribution in [0.5, 0.6) is 0 Å². The van der Waals surface area contributed by atoms with Crippen molar-refractivity contribution in [3.8, 4) is 11.1 Å². The first-order valence-electron chi connectivity index (χ1n) is 10.9. The van der Waals surface area contributed by atoms with Gasteiger partial charge in [-0.3, -0.25) is 4.90 Å². The predicted molar refractivity (Wildman–Crippen MR) is 138 cm³/mol. The van der Waals surface area contributed by atoms with Gasteiger partial charge in [0.25, 0.3) is 0 Å². The van der Waals surface area contributed by atoms with Crippen LogP contribution in [0, 0.1) is 5.82 Å². The molecular weight excluding hydrogens is 496 g/mol. The molecule has 34 heavy (non-hydrogen) atoms. The number of carbonyl (C=O) groups excluding carboxylic acids is 1. The Bertz CT molecular complexity index is 1320. The standard InChI is InChI=1S/C26H21Cl3FN3O/c1-32-9-7-15(8-10-32)16-11-19(18-6-5-17(30)13-23(18)29)20-14-31-26(34)33(24(20)12-16)25-21(27)3-2-4-22(25)28/h2-7,11-13H,8-10,14H2,1H3,(H,31,34). The summed E-state index contributed by atoms with van der Waals surface area (Å²) >= 11 is 19.5. The Hall–Kier alpha value is -2.57. The third-order valence-electron chi connectivity index (χ3n) is 6.25. The van der Waals surface area contributed by atoms with Gasteiger partial charge in [-0.1, -0.05) is 46.9 Å². The monoisotopic (exact) mass is 515 g/mol. The first-order valence-corrected chi connectivity index (χ1v) is 12.0. The lowest BCUT2D eigenvalue weighted by atomic mass is 9.89. The van der Waals surface area contributed by atoms with E-state index in [1.54, 1.807) is 24.3 Å². The first kappa shape index (κ1) is 23.2. The number of hydrogen-bond acceptors (Lipinski definition) is 2. The van der Waals surface area contributed by atoms with Crippen molar-refractivity contribution in [2.24, 2.45) is 0 Å². The Labute approximate surface area is 212 Å². The number of benzene rings is 3. The van der Waals surface area contributed by atoms with Gasteiger partial charge in [0.05, 0.1) is 26.4 Å². The highest BCUT2D eigenvalue weighted by Gasteiger charge is 2.31. The van der Waals surface area contributed by atoms with Crippen LogP contribution in [0.25, 0.3) is 16.7 Å². The smallest absolute Gasteiger partial charge is 0.326 e. The molecule has 0 radical (unpaired) electrons. The fraction of sp³-hybridized carbons (Fsp3) is 0.192. The minimum absolute atomic E-state index is 0.290. The summed E-state index contributed by atoms with van der Waals surface area (Å²) in [6, 6.07) is 13.2. The molecule has 0 saturated heterocycles. The molecule has 1 N–H and O–H groups in total. The molecule has 0 aliphatic carbocycles. The fourth-order valence-electron chi connectivity index (χ4n) is 4.49. The van der Waals surface area contributed by atoms with E-state index < -0.39 is 5.82 Å². The van der Waals surface area contributed by atoms with E-state index in [0.29, 0.717) is 32.0 Å². The summed E-state index contributed by atoms with van der Waals surface area (Å²) in [7, 11) is 2.08. The van der Waals surface area contributed by atoms with Crippen LogP contribution in [-0.4, -0.2) is 31.1 Å². The average Bonchev–Trinajstić information content (AvgIpc) is 2.80. The van der Waals surface area contributed by atoms with E-state index in [1.165, 1.54) is 22.6 Å². The Balaban J connectivity index is 1.78. The Kier molecular flexibility index (Phi) is 6.30. The molecule has 3 aromatic carbocycles. The number of nitrogens with zero attached hydrogens (tertiary/aromatic N) is 2. The molecule has 0 fully saturated rings. The van der Waals surface area contributed by atoms with Crippen molar-refractivity contribution < 1.29 is 9.18 Å². The summed E-state index contributed by atoms with van der Waals surface area (Å²) in [6.45, 7) is 2.05. The molecule has 2 aliphatic heterocycles. The normalized spacial score (nSPS) is 16.2. The van der Waals surface area contributed by atoms with Crippen molar-refractivity contribution in [1.82, 2.24) is 10.2 Å². The number of carbonyl (C=O) groups is 1. The van der Waals surface area contributed by atoms with E-state index in [4.69, 9.17) is 34.8 Å². The summed E-state index contributed by atoms with van der Waals surface area (Å²) in [4.78, 5) is 16.9. The molecule has 4 nitrogen and oxygen atoms in total. The lowest BCUT2D eigenvalue weighted by Gasteiger charge is -2.34. The van der Waals surface area contributed by atoms with Gasteiger partial charge in [-0.25, -0.2) is 9.18 Å². The van der Waals surface area contributed by atoms with Gasteiger partial charge in [-0.05, 0) is 72.6 Å². The van der Waals surface area contributed by atoms with Crippen LogP contribution in [-0.2, 0) is 6.54 Å². The van der Waals surface area contributed by atoms with Gasteiger partial charge in [-0.2, -0.15) is 0 Å². The molecule has 0 saturated carbocycles. The van der Waals surface area contributed by atoms with Crippen LogP contribution >= 0.6 is 34.8 Å². The minimum Gasteiger partial charge on any atom is -0.333 e. The molecule has 2 aliphatic rings. The highest BCUT2D eigenvalue weighted by Crippen LogP contribution is 2.45. The third kappa shape index (κ3) is 4.18. The van der Waals surface area contributed by atoms with E-state index in [-0.39, 0.29) is 12.6 Å². The second-order valence-corrected chi connectivity index (χ2v) is 9.67. The van der Waals surface area contributed by atoms with E-state index in [9.17, 15) is 9.18 Å². The van der Waals surface area contributed by atoms with Gasteiger partial charge >= 0.3 is 6.03 Å². The second kappa shape index (κ2) is 9.23. The van der Waals surface area contributed by atoms with Gasteiger partial charge in [-0.15, -0.1) is 0 Å². The molecule has 2 heterocycles. The van der Waals surface area contributed by atoms with Crippen molar-refractivity contribution in [2.45, 2.75) is 13.0 Å². The molecule has 0 aromatic heterocycles. The number of fused-ring (bicyclic) bond motifs is 1. The summed E-state index contributed by atoms with van der Waals surface area (Å²) in [6.07, 6.45) is 3.06. The van der Waals surface area contributed by atoms with Gasteiger partial charge in [0.2, 0.25) is 0 Å². The fourth-order valence-corrected chi connectivity index (χ4v) is 5.32. The zero-order chi connectivity index (χ0) is 24.0. The van der Waals surface area contributed by atoms with Crippen LogP contribution in [0.15, 0.2) is 54.6 Å². The maximum atomic E-state index is 13.8. The molecule has 0 unspecified atom stereocenters. The Morgan fingerprint density at radius 1 is 0.971 bits per heavy atom. The SMILES string of the molecule is CN1CC=C(c2cc(-c3ccc(F)cc3Cl)c3c(c2)N(c2c(Cl)cccc2Cl)C(=O)NC3)CC1. The molecule has 3 aromatic rings. The average molecular weight is 517 g/mol. The van der Waals surface area contributed by atoms with Crippen LogP contribution in [0.4, 0.5) is 20.6 Å². The van der Waals surface area contributed by atoms with Crippen molar-refractivity contribution in [2.75, 3.05) is 25.0 Å². The number of para-hydroxylation sites is 1. The zero-order valence-electron chi connectivity index (χ0n) is 18.3. The number of amides is 2. The lowest BCUT2D eigenvalue weighted by Crippen LogP contribution is -2.41. The van der Waals surface area contributed by atoms with Crippen LogP contribution < -0.4 is 10.2 Å². The molecule has 174 valence electrons. The van der Waals surface area contributed by atoms with Crippen LogP contribution in [0.2, 0.25) is 15.1 Å². The molecule has 2 amide bonds. The van der Waals surface area contributed by atoms with E-state index in [1.807, 2.05) is 6.07 Å². The number of anilines is 2. The summed E-state index contributed by atoms with van der Waals surface area (Å²) < 4.78 is 13.8. The zero-order valence-corrected chi connectivity index (χ0v) is 20.6. The van der Waals surface area contributed by atoms with Crippen LogP contribution in [0.1, 0.15) is 17.5 Å². The van der Waals surface area contributed by atoms with Crippen molar-refractivity contribution in [1.29, 1.82) is 0 Å². The minimum atomic E-state index is -0.408. The number of hydrogen-bond donors (Lipinski definition) is 1. The maximum Gasteiger partial charge on any atom is 0.326 e. The topological polar surface area (TPSA) is 35.6 Å². The summed E-state index contributed by atoms with van der Waals surface area (Å²) in [5.41, 5.74) is 5.60. The number of urea groups is 1. The molecular formula is C26H21Cl3FN3O. The molecule has 8 heteroatoms.